The number of hydrogen-bond donors (Lipinski definition) is 1. The van der Waals surface area contributed by atoms with Crippen LogP contribution in [0.25, 0.3) is 21.9 Å². The van der Waals surface area contributed by atoms with Crippen molar-refractivity contribution in [3.63, 3.8) is 0 Å². The largest absolute Gasteiger partial charge is 0.339 e. The molecule has 2 aromatic heterocycles. The Labute approximate surface area is 83.3 Å². The normalized spacial score (nSPS) is 11.7. The molecule has 3 nitrogen and oxygen atoms in total. The minimum Gasteiger partial charge on any atom is -0.339 e. The lowest BCUT2D eigenvalue weighted by Gasteiger charge is -1.99. The van der Waals surface area contributed by atoms with Crippen LogP contribution in [0.3, 0.4) is 0 Å². The first-order valence-electron chi connectivity index (χ1n) is 4.45. The number of aromatic nitrogens is 3. The van der Waals surface area contributed by atoms with Gasteiger partial charge in [0.2, 0.25) is 0 Å². The molecular weight excluding hydrogens is 200 g/mol. The minimum absolute atomic E-state index is 0.263. The molecule has 0 aliphatic carbocycles. The lowest BCUT2D eigenvalue weighted by molar-refractivity contribution is 0.513. The fraction of sp³-hybridized carbons (Fsp3) is 0.100. The molecule has 0 atom stereocenters. The molecule has 0 saturated carbocycles. The molecule has 0 fully saturated rings. The molecule has 76 valence electrons. The Morgan fingerprint density at radius 2 is 2.13 bits per heavy atom. The van der Waals surface area contributed by atoms with Crippen LogP contribution >= 0.6 is 0 Å². The Morgan fingerprint density at radius 1 is 1.33 bits per heavy atom. The smallest absolute Gasteiger partial charge is 0.183 e. The molecule has 1 aromatic carbocycles. The number of benzene rings is 1. The molecule has 0 aliphatic heterocycles. The molecule has 0 spiro atoms. The summed E-state index contributed by atoms with van der Waals surface area (Å²) in [7, 11) is 1.68. The monoisotopic (exact) mass is 207 g/mol. The first-order chi connectivity index (χ1) is 7.20. The molecule has 0 unspecified atom stereocenters. The zero-order chi connectivity index (χ0) is 10.6. The molecule has 0 bridgehead atoms. The highest BCUT2D eigenvalue weighted by molar-refractivity contribution is 6.05. The highest BCUT2D eigenvalue weighted by Crippen LogP contribution is 2.28. The van der Waals surface area contributed by atoms with Gasteiger partial charge in [-0.2, -0.15) is 5.10 Å². The Morgan fingerprint density at radius 3 is 2.93 bits per heavy atom. The zero-order valence-corrected chi connectivity index (χ0v) is 7.88. The van der Waals surface area contributed by atoms with Gasteiger partial charge in [-0.25, -0.2) is 8.78 Å². The Balaban J connectivity index is 2.67. The van der Waals surface area contributed by atoms with Crippen molar-refractivity contribution in [3.05, 3.63) is 30.0 Å². The van der Waals surface area contributed by atoms with Crippen LogP contribution in [0, 0.1) is 11.6 Å². The van der Waals surface area contributed by atoms with E-state index in [1.165, 1.54) is 0 Å². The molecule has 0 saturated heterocycles. The third-order valence-electron chi connectivity index (χ3n) is 2.65. The van der Waals surface area contributed by atoms with Gasteiger partial charge in [0.25, 0.3) is 0 Å². The molecule has 0 aliphatic rings. The van der Waals surface area contributed by atoms with Gasteiger partial charge in [-0.1, -0.05) is 0 Å². The number of rotatable bonds is 0. The zero-order valence-electron chi connectivity index (χ0n) is 7.88. The number of nitrogens with one attached hydrogen (secondary N) is 1. The van der Waals surface area contributed by atoms with E-state index in [0.29, 0.717) is 5.39 Å². The van der Waals surface area contributed by atoms with Crippen molar-refractivity contribution in [2.24, 2.45) is 7.05 Å². The predicted molar refractivity (Wildman–Crippen MR) is 52.5 cm³/mol. The summed E-state index contributed by atoms with van der Waals surface area (Å²) in [6.07, 6.45) is 1.59. The highest BCUT2D eigenvalue weighted by Gasteiger charge is 2.15. The molecular formula is C10H7F2N3. The van der Waals surface area contributed by atoms with Gasteiger partial charge in [-0.15, -0.1) is 0 Å². The van der Waals surface area contributed by atoms with E-state index < -0.39 is 11.6 Å². The van der Waals surface area contributed by atoms with Crippen molar-refractivity contribution in [1.29, 1.82) is 0 Å². The topological polar surface area (TPSA) is 33.6 Å². The maximum atomic E-state index is 13.5. The number of nitrogens with zero attached hydrogens (tertiary/aromatic N) is 2. The quantitative estimate of drug-likeness (QED) is 0.603. The van der Waals surface area contributed by atoms with E-state index >= 15 is 0 Å². The van der Waals surface area contributed by atoms with Crippen molar-refractivity contribution in [2.45, 2.75) is 0 Å². The van der Waals surface area contributed by atoms with Gasteiger partial charge >= 0.3 is 0 Å². The molecule has 0 radical (unpaired) electrons. The van der Waals surface area contributed by atoms with Crippen molar-refractivity contribution >= 4 is 21.9 Å². The van der Waals surface area contributed by atoms with Crippen LogP contribution in [0.15, 0.2) is 18.3 Å². The second-order valence-corrected chi connectivity index (χ2v) is 3.45. The lowest BCUT2D eigenvalue weighted by atomic mass is 10.2. The van der Waals surface area contributed by atoms with E-state index in [9.17, 15) is 8.78 Å². The summed E-state index contributed by atoms with van der Waals surface area (Å²) in [5.41, 5.74) is 1.75. The van der Waals surface area contributed by atoms with Gasteiger partial charge in [0, 0.05) is 12.4 Å². The number of H-pyrrole nitrogens is 1. The number of fused-ring (bicyclic) bond motifs is 3. The van der Waals surface area contributed by atoms with Crippen LogP contribution < -0.4 is 0 Å². The number of aryl methyl sites for hydroxylation is 1. The average Bonchev–Trinajstić information content (AvgIpc) is 2.76. The van der Waals surface area contributed by atoms with Gasteiger partial charge in [0.15, 0.2) is 11.6 Å². The molecule has 5 heteroatoms. The summed E-state index contributed by atoms with van der Waals surface area (Å²) in [4.78, 5) is 0. The maximum absolute atomic E-state index is 13.5. The van der Waals surface area contributed by atoms with E-state index in [1.54, 1.807) is 23.9 Å². The van der Waals surface area contributed by atoms with Crippen LogP contribution in [0.2, 0.25) is 0 Å². The van der Waals surface area contributed by atoms with Crippen LogP contribution in [0.4, 0.5) is 8.78 Å². The van der Waals surface area contributed by atoms with Crippen LogP contribution in [-0.4, -0.2) is 14.8 Å². The average molecular weight is 207 g/mol. The number of halogens is 2. The highest BCUT2D eigenvalue weighted by atomic mass is 19.2. The second kappa shape index (κ2) is 2.56. The third-order valence-corrected chi connectivity index (χ3v) is 2.65. The van der Waals surface area contributed by atoms with Gasteiger partial charge < -0.3 is 4.57 Å². The molecule has 3 rings (SSSR count). The summed E-state index contributed by atoms with van der Waals surface area (Å²) in [5, 5.41) is 7.27. The number of hydrogen-bond acceptors (Lipinski definition) is 1. The SMILES string of the molecule is Cn1c2cn[nH]c2c2ccc(F)c(F)c21. The van der Waals surface area contributed by atoms with E-state index in [4.69, 9.17) is 0 Å². The fourth-order valence-corrected chi connectivity index (χ4v) is 1.92. The van der Waals surface area contributed by atoms with Crippen LogP contribution in [0.5, 0.6) is 0 Å². The summed E-state index contributed by atoms with van der Waals surface area (Å²) >= 11 is 0. The molecule has 2 heterocycles. The summed E-state index contributed by atoms with van der Waals surface area (Å²) in [6, 6.07) is 2.67. The fourth-order valence-electron chi connectivity index (χ4n) is 1.92. The summed E-state index contributed by atoms with van der Waals surface area (Å²) in [5.74, 6) is -1.65. The standard InChI is InChI=1S/C10H7F2N3/c1-15-7-4-13-14-9(7)5-2-3-6(11)8(12)10(5)15/h2-4H,1H3,(H,13,14). The molecule has 0 amide bonds. The Bertz CT molecular complexity index is 666. The van der Waals surface area contributed by atoms with Crippen LogP contribution in [-0.2, 0) is 7.05 Å². The van der Waals surface area contributed by atoms with Crippen molar-refractivity contribution in [3.8, 4) is 0 Å². The van der Waals surface area contributed by atoms with Gasteiger partial charge in [-0.3, -0.25) is 5.10 Å². The van der Waals surface area contributed by atoms with Crippen LogP contribution in [0.1, 0.15) is 0 Å². The second-order valence-electron chi connectivity index (χ2n) is 3.45. The van der Waals surface area contributed by atoms with E-state index in [-0.39, 0.29) is 5.52 Å². The van der Waals surface area contributed by atoms with Gasteiger partial charge in [-0.05, 0) is 12.1 Å². The summed E-state index contributed by atoms with van der Waals surface area (Å²) < 4.78 is 28.2. The van der Waals surface area contributed by atoms with E-state index in [0.717, 1.165) is 17.1 Å². The van der Waals surface area contributed by atoms with Crippen molar-refractivity contribution < 1.29 is 8.78 Å². The summed E-state index contributed by atoms with van der Waals surface area (Å²) in [6.45, 7) is 0. The molecule has 15 heavy (non-hydrogen) atoms. The first kappa shape index (κ1) is 8.40. The Hall–Kier alpha value is -1.91. The van der Waals surface area contributed by atoms with Gasteiger partial charge in [0.05, 0.1) is 22.7 Å². The van der Waals surface area contributed by atoms with Gasteiger partial charge in [0.1, 0.15) is 0 Å². The van der Waals surface area contributed by atoms with Crippen molar-refractivity contribution in [1.82, 2.24) is 14.8 Å². The molecule has 1 N–H and O–H groups in total. The van der Waals surface area contributed by atoms with Crippen molar-refractivity contribution in [2.75, 3.05) is 0 Å². The number of aromatic amines is 1. The van der Waals surface area contributed by atoms with E-state index in [2.05, 4.69) is 10.2 Å². The first-order valence-corrected chi connectivity index (χ1v) is 4.45. The maximum Gasteiger partial charge on any atom is 0.183 e. The lowest BCUT2D eigenvalue weighted by Crippen LogP contribution is -1.92. The Kier molecular flexibility index (Phi) is 1.44. The van der Waals surface area contributed by atoms with E-state index in [1.807, 2.05) is 0 Å². The third kappa shape index (κ3) is 0.895. The predicted octanol–water partition coefficient (Wildman–Crippen LogP) is 2.33. The molecule has 3 aromatic rings. The minimum atomic E-state index is -0.835.